The third-order valence-electron chi connectivity index (χ3n) is 2.22. The van der Waals surface area contributed by atoms with Gasteiger partial charge in [-0.15, -0.1) is 0 Å². The van der Waals surface area contributed by atoms with Gasteiger partial charge in [-0.2, -0.15) is 5.26 Å². The van der Waals surface area contributed by atoms with Crippen LogP contribution in [0, 0.1) is 18.3 Å². The third kappa shape index (κ3) is 1.70. The van der Waals surface area contributed by atoms with Crippen LogP contribution < -0.4 is 5.56 Å². The van der Waals surface area contributed by atoms with Gasteiger partial charge in [0.1, 0.15) is 5.52 Å². The van der Waals surface area contributed by atoms with Crippen LogP contribution in [0.15, 0.2) is 16.0 Å². The standard InChI is InChI=1S/C10H10N4OS/c1-6-5-7-8(12-6)9(15)14(2)10(13-7)16-4-3-11/h5,12H,4H2,1-2H3. The van der Waals surface area contributed by atoms with E-state index in [2.05, 4.69) is 9.97 Å². The number of H-pyrrole nitrogens is 1. The zero-order valence-corrected chi connectivity index (χ0v) is 9.76. The fourth-order valence-electron chi connectivity index (χ4n) is 1.48. The zero-order valence-electron chi connectivity index (χ0n) is 8.94. The molecule has 0 aromatic carbocycles. The molecular formula is C10H10N4OS. The SMILES string of the molecule is Cc1cc2nc(SCC#N)n(C)c(=O)c2[nH]1. The van der Waals surface area contributed by atoms with Crippen LogP contribution in [0.4, 0.5) is 0 Å². The number of nitriles is 1. The minimum Gasteiger partial charge on any atom is -0.353 e. The van der Waals surface area contributed by atoms with Gasteiger partial charge in [0.25, 0.3) is 5.56 Å². The minimum absolute atomic E-state index is 0.112. The molecule has 2 aromatic heterocycles. The minimum atomic E-state index is -0.112. The highest BCUT2D eigenvalue weighted by Gasteiger charge is 2.10. The monoisotopic (exact) mass is 234 g/mol. The van der Waals surface area contributed by atoms with Crippen molar-refractivity contribution in [2.24, 2.45) is 7.05 Å². The van der Waals surface area contributed by atoms with Crippen molar-refractivity contribution in [3.05, 3.63) is 22.1 Å². The number of aryl methyl sites for hydroxylation is 1. The van der Waals surface area contributed by atoms with Crippen molar-refractivity contribution in [3.8, 4) is 6.07 Å². The third-order valence-corrected chi connectivity index (χ3v) is 3.12. The lowest BCUT2D eigenvalue weighted by molar-refractivity contribution is 0.725. The Labute approximate surface area is 96.1 Å². The molecule has 0 bridgehead atoms. The molecule has 16 heavy (non-hydrogen) atoms. The number of aromatic nitrogens is 3. The van der Waals surface area contributed by atoms with Crippen LogP contribution >= 0.6 is 11.8 Å². The molecular weight excluding hydrogens is 224 g/mol. The molecule has 5 nitrogen and oxygen atoms in total. The first-order valence-corrected chi connectivity index (χ1v) is 5.68. The summed E-state index contributed by atoms with van der Waals surface area (Å²) in [5.41, 5.74) is 1.96. The van der Waals surface area contributed by atoms with Gasteiger partial charge >= 0.3 is 0 Å². The van der Waals surface area contributed by atoms with Gasteiger partial charge in [-0.25, -0.2) is 4.98 Å². The molecule has 0 amide bonds. The highest BCUT2D eigenvalue weighted by atomic mass is 32.2. The molecule has 2 rings (SSSR count). The summed E-state index contributed by atoms with van der Waals surface area (Å²) in [5, 5.41) is 9.08. The van der Waals surface area contributed by atoms with E-state index in [0.29, 0.717) is 16.2 Å². The predicted octanol–water partition coefficient (Wildman–Crippen LogP) is 1.19. The van der Waals surface area contributed by atoms with E-state index in [0.717, 1.165) is 5.69 Å². The average molecular weight is 234 g/mol. The molecule has 82 valence electrons. The summed E-state index contributed by atoms with van der Waals surface area (Å²) in [6.07, 6.45) is 0. The van der Waals surface area contributed by atoms with Gasteiger partial charge in [-0.1, -0.05) is 11.8 Å². The van der Waals surface area contributed by atoms with Crippen LogP contribution in [-0.2, 0) is 7.05 Å². The topological polar surface area (TPSA) is 74.5 Å². The molecule has 0 unspecified atom stereocenters. The highest BCUT2D eigenvalue weighted by molar-refractivity contribution is 7.99. The Balaban J connectivity index is 2.64. The summed E-state index contributed by atoms with van der Waals surface area (Å²) in [4.78, 5) is 19.2. The van der Waals surface area contributed by atoms with Crippen LogP contribution in [0.1, 0.15) is 5.69 Å². The van der Waals surface area contributed by atoms with Gasteiger partial charge in [0.2, 0.25) is 0 Å². The van der Waals surface area contributed by atoms with E-state index in [4.69, 9.17) is 5.26 Å². The van der Waals surface area contributed by atoms with Crippen molar-refractivity contribution in [2.75, 3.05) is 5.75 Å². The number of nitrogens with zero attached hydrogens (tertiary/aromatic N) is 3. The predicted molar refractivity (Wildman–Crippen MR) is 62.4 cm³/mol. The lowest BCUT2D eigenvalue weighted by Crippen LogP contribution is -2.20. The molecule has 0 saturated heterocycles. The van der Waals surface area contributed by atoms with Gasteiger partial charge < -0.3 is 4.98 Å². The Morgan fingerprint density at radius 1 is 1.69 bits per heavy atom. The second-order valence-corrected chi connectivity index (χ2v) is 4.36. The second kappa shape index (κ2) is 4.02. The van der Waals surface area contributed by atoms with Crippen LogP contribution in [0.25, 0.3) is 11.0 Å². The van der Waals surface area contributed by atoms with Crippen molar-refractivity contribution in [2.45, 2.75) is 12.1 Å². The van der Waals surface area contributed by atoms with Crippen LogP contribution in [0.5, 0.6) is 0 Å². The van der Waals surface area contributed by atoms with Crippen molar-refractivity contribution in [1.29, 1.82) is 5.26 Å². The second-order valence-electron chi connectivity index (χ2n) is 3.42. The fraction of sp³-hybridized carbons (Fsp3) is 0.300. The molecule has 0 atom stereocenters. The summed E-state index contributed by atoms with van der Waals surface area (Å²) in [7, 11) is 1.66. The van der Waals surface area contributed by atoms with E-state index in [9.17, 15) is 4.79 Å². The molecule has 0 aliphatic carbocycles. The number of aromatic amines is 1. The van der Waals surface area contributed by atoms with Gasteiger partial charge in [0, 0.05) is 12.7 Å². The number of nitrogens with one attached hydrogen (secondary N) is 1. The van der Waals surface area contributed by atoms with Crippen molar-refractivity contribution < 1.29 is 0 Å². The van der Waals surface area contributed by atoms with Crippen molar-refractivity contribution in [1.82, 2.24) is 14.5 Å². The summed E-state index contributed by atoms with van der Waals surface area (Å²) >= 11 is 1.26. The molecule has 0 saturated carbocycles. The maximum Gasteiger partial charge on any atom is 0.278 e. The summed E-state index contributed by atoms with van der Waals surface area (Å²) in [5.74, 6) is 0.287. The summed E-state index contributed by atoms with van der Waals surface area (Å²) < 4.78 is 1.46. The smallest absolute Gasteiger partial charge is 0.278 e. The molecule has 6 heteroatoms. The molecule has 1 N–H and O–H groups in total. The molecule has 2 aromatic rings. The molecule has 0 radical (unpaired) electrons. The van der Waals surface area contributed by atoms with Crippen LogP contribution in [0.2, 0.25) is 0 Å². The number of hydrogen-bond donors (Lipinski definition) is 1. The Bertz CT molecular complexity index is 635. The van der Waals surface area contributed by atoms with E-state index in [1.54, 1.807) is 7.05 Å². The highest BCUT2D eigenvalue weighted by Crippen LogP contribution is 2.16. The normalized spacial score (nSPS) is 10.6. The Kier molecular flexibility index (Phi) is 2.71. The lowest BCUT2D eigenvalue weighted by atomic mass is 10.4. The molecule has 0 spiro atoms. The van der Waals surface area contributed by atoms with Gasteiger partial charge in [0.15, 0.2) is 5.16 Å². The Morgan fingerprint density at radius 3 is 3.12 bits per heavy atom. The summed E-state index contributed by atoms with van der Waals surface area (Å²) in [6, 6.07) is 3.84. The van der Waals surface area contributed by atoms with E-state index < -0.39 is 0 Å². The van der Waals surface area contributed by atoms with Gasteiger partial charge in [0.05, 0.1) is 17.3 Å². The number of rotatable bonds is 2. The largest absolute Gasteiger partial charge is 0.353 e. The number of fused-ring (bicyclic) bond motifs is 1. The van der Waals surface area contributed by atoms with Crippen molar-refractivity contribution >= 4 is 22.8 Å². The quantitative estimate of drug-likeness (QED) is 0.625. The summed E-state index contributed by atoms with van der Waals surface area (Å²) in [6.45, 7) is 1.88. The molecule has 0 aliphatic heterocycles. The Hall–Kier alpha value is -1.74. The van der Waals surface area contributed by atoms with Gasteiger partial charge in [-0.05, 0) is 13.0 Å². The first-order chi connectivity index (χ1) is 7.63. The zero-order chi connectivity index (χ0) is 11.7. The van der Waals surface area contributed by atoms with E-state index in [-0.39, 0.29) is 11.3 Å². The molecule has 0 aliphatic rings. The molecule has 0 fully saturated rings. The van der Waals surface area contributed by atoms with E-state index in [1.807, 2.05) is 19.1 Å². The average Bonchev–Trinajstić information content (AvgIpc) is 2.62. The maximum atomic E-state index is 11.9. The van der Waals surface area contributed by atoms with E-state index >= 15 is 0 Å². The fourth-order valence-corrected chi connectivity index (χ4v) is 2.12. The lowest BCUT2D eigenvalue weighted by Gasteiger charge is -2.04. The first kappa shape index (κ1) is 10.8. The number of hydrogen-bond acceptors (Lipinski definition) is 4. The maximum absolute atomic E-state index is 11.9. The Morgan fingerprint density at radius 2 is 2.44 bits per heavy atom. The van der Waals surface area contributed by atoms with E-state index in [1.165, 1.54) is 16.3 Å². The van der Waals surface area contributed by atoms with Crippen LogP contribution in [0.3, 0.4) is 0 Å². The molecule has 2 heterocycles. The first-order valence-electron chi connectivity index (χ1n) is 4.69. The van der Waals surface area contributed by atoms with Gasteiger partial charge in [-0.3, -0.25) is 9.36 Å². The number of thioether (sulfide) groups is 1. The van der Waals surface area contributed by atoms with Crippen molar-refractivity contribution in [3.63, 3.8) is 0 Å². The van der Waals surface area contributed by atoms with Crippen LogP contribution in [-0.4, -0.2) is 20.3 Å².